The second-order valence-corrected chi connectivity index (χ2v) is 5.92. The van der Waals surface area contributed by atoms with Gasteiger partial charge in [-0.15, -0.1) is 0 Å². The molecule has 1 fully saturated rings. The average molecular weight is 274 g/mol. The molecule has 20 heavy (non-hydrogen) atoms. The number of rotatable bonds is 2. The third-order valence-corrected chi connectivity index (χ3v) is 3.89. The molecule has 1 aromatic heterocycles. The molecule has 1 aliphatic rings. The molecule has 5 heteroatoms. The van der Waals surface area contributed by atoms with E-state index in [0.717, 1.165) is 30.5 Å². The van der Waals surface area contributed by atoms with Gasteiger partial charge in [-0.2, -0.15) is 0 Å². The van der Waals surface area contributed by atoms with Gasteiger partial charge in [0, 0.05) is 12.6 Å². The van der Waals surface area contributed by atoms with Gasteiger partial charge in [0.25, 0.3) is 0 Å². The van der Waals surface area contributed by atoms with Gasteiger partial charge in [0.15, 0.2) is 0 Å². The van der Waals surface area contributed by atoms with Gasteiger partial charge in [-0.05, 0) is 44.9 Å². The molecule has 0 saturated carbocycles. The van der Waals surface area contributed by atoms with Crippen molar-refractivity contribution in [3.05, 3.63) is 30.1 Å². The minimum atomic E-state index is -0.923. The van der Waals surface area contributed by atoms with Crippen molar-refractivity contribution in [2.75, 3.05) is 6.61 Å². The average Bonchev–Trinajstić information content (AvgIpc) is 2.80. The van der Waals surface area contributed by atoms with E-state index in [2.05, 4.69) is 23.4 Å². The summed E-state index contributed by atoms with van der Waals surface area (Å²) in [6, 6.07) is 5.44. The lowest BCUT2D eigenvalue weighted by molar-refractivity contribution is -0.0685. The minimum absolute atomic E-state index is 0.124. The number of hydrogen-bond donors (Lipinski definition) is 1. The van der Waals surface area contributed by atoms with Crippen LogP contribution in [-0.2, 0) is 4.74 Å². The van der Waals surface area contributed by atoms with Crippen LogP contribution in [0.25, 0.3) is 11.0 Å². The van der Waals surface area contributed by atoms with Crippen molar-refractivity contribution in [2.24, 2.45) is 0 Å². The number of hydrogen-bond acceptors (Lipinski definition) is 3. The molecule has 0 amide bonds. The van der Waals surface area contributed by atoms with Gasteiger partial charge in [-0.3, -0.25) is 0 Å². The standard InChI is InChI=1S/C15H18N2O3/c1-15(2)8-11(5-6-20-15)17-9-16-12-7-10(14(18)19)3-4-13(12)17/h3-4,7,9,11H,5-6,8H2,1-2H3,(H,18,19). The smallest absolute Gasteiger partial charge is 0.335 e. The van der Waals surface area contributed by atoms with E-state index in [0.29, 0.717) is 6.04 Å². The molecule has 0 spiro atoms. The fourth-order valence-corrected chi connectivity index (χ4v) is 2.89. The Morgan fingerprint density at radius 1 is 1.50 bits per heavy atom. The summed E-state index contributed by atoms with van der Waals surface area (Å²) in [5.74, 6) is -0.923. The van der Waals surface area contributed by atoms with Crippen molar-refractivity contribution >= 4 is 17.0 Å². The molecule has 0 aliphatic carbocycles. The van der Waals surface area contributed by atoms with E-state index >= 15 is 0 Å². The van der Waals surface area contributed by atoms with Crippen LogP contribution in [0.15, 0.2) is 24.5 Å². The maximum absolute atomic E-state index is 11.0. The van der Waals surface area contributed by atoms with Crippen molar-refractivity contribution in [3.63, 3.8) is 0 Å². The molecule has 1 aromatic carbocycles. The number of carboxylic acid groups (broad SMARTS) is 1. The Kier molecular flexibility index (Phi) is 3.01. The molecule has 0 bridgehead atoms. The van der Waals surface area contributed by atoms with Crippen molar-refractivity contribution in [2.45, 2.75) is 38.3 Å². The number of benzene rings is 1. The molecule has 2 aromatic rings. The Labute approximate surface area is 117 Å². The van der Waals surface area contributed by atoms with E-state index in [9.17, 15) is 4.79 Å². The van der Waals surface area contributed by atoms with Gasteiger partial charge in [0.05, 0.1) is 28.5 Å². The number of ether oxygens (including phenoxy) is 1. The number of carbonyl (C=O) groups is 1. The van der Waals surface area contributed by atoms with E-state index < -0.39 is 5.97 Å². The van der Waals surface area contributed by atoms with E-state index in [4.69, 9.17) is 9.84 Å². The molecule has 1 unspecified atom stereocenters. The van der Waals surface area contributed by atoms with Crippen LogP contribution in [0.2, 0.25) is 0 Å². The predicted octanol–water partition coefficient (Wildman–Crippen LogP) is 2.86. The van der Waals surface area contributed by atoms with Gasteiger partial charge < -0.3 is 14.4 Å². The highest BCUT2D eigenvalue weighted by atomic mass is 16.5. The van der Waals surface area contributed by atoms with E-state index in [1.54, 1.807) is 12.1 Å². The van der Waals surface area contributed by atoms with Crippen LogP contribution in [0.4, 0.5) is 0 Å². The minimum Gasteiger partial charge on any atom is -0.478 e. The van der Waals surface area contributed by atoms with Crippen LogP contribution in [-0.4, -0.2) is 32.8 Å². The first-order valence-electron chi connectivity index (χ1n) is 6.80. The maximum atomic E-state index is 11.0. The van der Waals surface area contributed by atoms with Gasteiger partial charge in [-0.25, -0.2) is 9.78 Å². The van der Waals surface area contributed by atoms with Gasteiger partial charge in [0.1, 0.15) is 0 Å². The van der Waals surface area contributed by atoms with Crippen LogP contribution in [0.1, 0.15) is 43.1 Å². The fraction of sp³-hybridized carbons (Fsp3) is 0.467. The van der Waals surface area contributed by atoms with Crippen LogP contribution in [0.3, 0.4) is 0 Å². The molecule has 1 N–H and O–H groups in total. The molecule has 2 heterocycles. The van der Waals surface area contributed by atoms with Gasteiger partial charge >= 0.3 is 5.97 Å². The molecule has 1 atom stereocenters. The van der Waals surface area contributed by atoms with Crippen LogP contribution >= 0.6 is 0 Å². The molecule has 1 aliphatic heterocycles. The number of nitrogens with zero attached hydrogens (tertiary/aromatic N) is 2. The topological polar surface area (TPSA) is 64.4 Å². The fourth-order valence-electron chi connectivity index (χ4n) is 2.89. The molecule has 3 rings (SSSR count). The zero-order chi connectivity index (χ0) is 14.3. The van der Waals surface area contributed by atoms with Crippen molar-refractivity contribution < 1.29 is 14.6 Å². The lowest BCUT2D eigenvalue weighted by atomic mass is 9.93. The number of carboxylic acids is 1. The van der Waals surface area contributed by atoms with Crippen LogP contribution < -0.4 is 0 Å². The summed E-state index contributed by atoms with van der Waals surface area (Å²) >= 11 is 0. The Balaban J connectivity index is 1.98. The number of imidazole rings is 1. The number of aromatic carboxylic acids is 1. The monoisotopic (exact) mass is 274 g/mol. The van der Waals surface area contributed by atoms with E-state index in [1.807, 2.05) is 12.4 Å². The zero-order valence-corrected chi connectivity index (χ0v) is 11.7. The molecule has 106 valence electrons. The summed E-state index contributed by atoms with van der Waals surface area (Å²) in [6.07, 6.45) is 3.69. The predicted molar refractivity (Wildman–Crippen MR) is 75.0 cm³/mol. The Morgan fingerprint density at radius 2 is 2.30 bits per heavy atom. The summed E-state index contributed by atoms with van der Waals surface area (Å²) in [6.45, 7) is 4.94. The second kappa shape index (κ2) is 4.59. The van der Waals surface area contributed by atoms with Crippen molar-refractivity contribution in [1.29, 1.82) is 0 Å². The number of aromatic nitrogens is 2. The largest absolute Gasteiger partial charge is 0.478 e. The first-order valence-corrected chi connectivity index (χ1v) is 6.80. The molecule has 0 radical (unpaired) electrons. The lowest BCUT2D eigenvalue weighted by Gasteiger charge is -2.36. The zero-order valence-electron chi connectivity index (χ0n) is 11.7. The van der Waals surface area contributed by atoms with Crippen LogP contribution in [0.5, 0.6) is 0 Å². The summed E-state index contributed by atoms with van der Waals surface area (Å²) in [5, 5.41) is 9.02. The van der Waals surface area contributed by atoms with E-state index in [-0.39, 0.29) is 11.2 Å². The van der Waals surface area contributed by atoms with Crippen LogP contribution in [0, 0.1) is 0 Å². The lowest BCUT2D eigenvalue weighted by Crippen LogP contribution is -2.34. The second-order valence-electron chi connectivity index (χ2n) is 5.92. The highest BCUT2D eigenvalue weighted by Gasteiger charge is 2.30. The summed E-state index contributed by atoms with van der Waals surface area (Å²) in [4.78, 5) is 15.3. The summed E-state index contributed by atoms with van der Waals surface area (Å²) < 4.78 is 7.89. The first kappa shape index (κ1) is 13.1. The first-order chi connectivity index (χ1) is 9.46. The van der Waals surface area contributed by atoms with Gasteiger partial charge in [0.2, 0.25) is 0 Å². The Hall–Kier alpha value is -1.88. The molecule has 1 saturated heterocycles. The van der Waals surface area contributed by atoms with Crippen molar-refractivity contribution in [1.82, 2.24) is 9.55 Å². The molecular formula is C15H18N2O3. The Morgan fingerprint density at radius 3 is 3.00 bits per heavy atom. The highest BCUT2D eigenvalue weighted by Crippen LogP contribution is 2.33. The highest BCUT2D eigenvalue weighted by molar-refractivity contribution is 5.92. The summed E-state index contributed by atoms with van der Waals surface area (Å²) in [5.41, 5.74) is 1.86. The third-order valence-electron chi connectivity index (χ3n) is 3.89. The van der Waals surface area contributed by atoms with Crippen molar-refractivity contribution in [3.8, 4) is 0 Å². The molecular weight excluding hydrogens is 256 g/mol. The SMILES string of the molecule is CC1(C)CC(n2cnc3cc(C(=O)O)ccc32)CCO1. The summed E-state index contributed by atoms with van der Waals surface area (Å²) in [7, 11) is 0. The third kappa shape index (κ3) is 2.29. The quantitative estimate of drug-likeness (QED) is 0.914. The van der Waals surface area contributed by atoms with Gasteiger partial charge in [-0.1, -0.05) is 0 Å². The Bertz CT molecular complexity index is 660. The normalized spacial score (nSPS) is 22.0. The van der Waals surface area contributed by atoms with E-state index in [1.165, 1.54) is 0 Å². The maximum Gasteiger partial charge on any atom is 0.335 e. The number of fused-ring (bicyclic) bond motifs is 1. The molecule has 5 nitrogen and oxygen atoms in total.